The van der Waals surface area contributed by atoms with Gasteiger partial charge in [0.25, 0.3) is 5.56 Å². The van der Waals surface area contributed by atoms with Gasteiger partial charge in [-0.25, -0.2) is 14.8 Å². The molecule has 170 valence electrons. The van der Waals surface area contributed by atoms with Crippen molar-refractivity contribution in [2.75, 3.05) is 18.0 Å². The number of carbonyl (C=O) groups excluding carboxylic acids is 1. The monoisotopic (exact) mass is 439 g/mol. The second kappa shape index (κ2) is 9.37. The Morgan fingerprint density at radius 2 is 1.78 bits per heavy atom. The van der Waals surface area contributed by atoms with E-state index >= 15 is 0 Å². The van der Waals surface area contributed by atoms with E-state index in [1.54, 1.807) is 11.6 Å². The van der Waals surface area contributed by atoms with Crippen LogP contribution in [0.15, 0.2) is 34.2 Å². The second-order valence-corrected chi connectivity index (χ2v) is 8.27. The molecule has 0 spiro atoms. The fourth-order valence-electron chi connectivity index (χ4n) is 4.09. The molecule has 1 N–H and O–H groups in total. The third-order valence-corrected chi connectivity index (χ3v) is 6.03. The van der Waals surface area contributed by atoms with E-state index in [9.17, 15) is 14.4 Å². The van der Waals surface area contributed by atoms with E-state index in [-0.39, 0.29) is 12.3 Å². The topological polar surface area (TPSA) is 107 Å². The Kier molecular flexibility index (Phi) is 6.38. The highest BCUT2D eigenvalue weighted by atomic mass is 16.2. The summed E-state index contributed by atoms with van der Waals surface area (Å²) in [6, 6.07) is 4.02. The number of fused-ring (bicyclic) bond motifs is 1. The molecule has 0 aromatic carbocycles. The minimum Gasteiger partial charge on any atom is -0.357 e. The number of imidazole rings is 1. The number of anilines is 1. The molecule has 1 saturated heterocycles. The summed E-state index contributed by atoms with van der Waals surface area (Å²) in [6.45, 7) is 2.78. The summed E-state index contributed by atoms with van der Waals surface area (Å²) in [5.74, 6) is 0.857. The van der Waals surface area contributed by atoms with Crippen molar-refractivity contribution in [1.82, 2.24) is 29.0 Å². The average molecular weight is 440 g/mol. The van der Waals surface area contributed by atoms with Gasteiger partial charge in [-0.2, -0.15) is 0 Å². The largest absolute Gasteiger partial charge is 0.357 e. The van der Waals surface area contributed by atoms with E-state index in [0.29, 0.717) is 24.3 Å². The zero-order chi connectivity index (χ0) is 22.7. The summed E-state index contributed by atoms with van der Waals surface area (Å²) in [5.41, 5.74) is 0.719. The summed E-state index contributed by atoms with van der Waals surface area (Å²) < 4.78 is 3.99. The third-order valence-electron chi connectivity index (χ3n) is 6.03. The molecule has 4 rings (SSSR count). The van der Waals surface area contributed by atoms with Crippen molar-refractivity contribution in [3.05, 3.63) is 51.1 Å². The Bertz CT molecular complexity index is 1220. The van der Waals surface area contributed by atoms with Crippen LogP contribution in [0.2, 0.25) is 0 Å². The number of nitrogens with one attached hydrogen (secondary N) is 1. The van der Waals surface area contributed by atoms with Crippen molar-refractivity contribution < 1.29 is 4.79 Å². The molecule has 1 aliphatic heterocycles. The van der Waals surface area contributed by atoms with Gasteiger partial charge < -0.3 is 14.8 Å². The predicted molar refractivity (Wildman–Crippen MR) is 122 cm³/mol. The van der Waals surface area contributed by atoms with Gasteiger partial charge in [-0.05, 0) is 24.5 Å². The smallest absolute Gasteiger partial charge is 0.332 e. The molecule has 0 atom stereocenters. The van der Waals surface area contributed by atoms with E-state index < -0.39 is 11.2 Å². The first-order valence-electron chi connectivity index (χ1n) is 11.0. The van der Waals surface area contributed by atoms with Gasteiger partial charge in [-0.1, -0.05) is 18.9 Å². The molecule has 10 nitrogen and oxygen atoms in total. The van der Waals surface area contributed by atoms with Gasteiger partial charge in [0.1, 0.15) is 5.82 Å². The first kappa shape index (κ1) is 21.8. The van der Waals surface area contributed by atoms with E-state index in [4.69, 9.17) is 0 Å². The average Bonchev–Trinajstić information content (AvgIpc) is 3.04. The highest BCUT2D eigenvalue weighted by molar-refractivity contribution is 5.76. The molecule has 0 aliphatic carbocycles. The van der Waals surface area contributed by atoms with Crippen LogP contribution in [0, 0.1) is 0 Å². The molecule has 1 amide bonds. The Morgan fingerprint density at radius 1 is 1.03 bits per heavy atom. The van der Waals surface area contributed by atoms with Gasteiger partial charge in [-0.3, -0.25) is 18.7 Å². The van der Waals surface area contributed by atoms with Crippen LogP contribution in [0.25, 0.3) is 11.2 Å². The van der Waals surface area contributed by atoms with E-state index in [1.165, 1.54) is 43.6 Å². The molecular weight excluding hydrogens is 410 g/mol. The molecule has 3 aromatic rings. The van der Waals surface area contributed by atoms with Gasteiger partial charge in [0, 0.05) is 52.9 Å². The number of pyridine rings is 1. The molecule has 3 aromatic heterocycles. The van der Waals surface area contributed by atoms with E-state index in [2.05, 4.69) is 20.2 Å². The molecule has 10 heteroatoms. The molecule has 0 saturated carbocycles. The zero-order valence-corrected chi connectivity index (χ0v) is 18.6. The normalized spacial score (nSPS) is 14.5. The Labute approximate surface area is 185 Å². The molecule has 1 aliphatic rings. The van der Waals surface area contributed by atoms with Crippen LogP contribution < -0.4 is 21.5 Å². The van der Waals surface area contributed by atoms with Gasteiger partial charge in [-0.15, -0.1) is 0 Å². The minimum atomic E-state index is -0.430. The molecular formula is C22H29N7O3. The lowest BCUT2D eigenvalue weighted by Gasteiger charge is -2.21. The van der Waals surface area contributed by atoms with Crippen molar-refractivity contribution in [3.63, 3.8) is 0 Å². The van der Waals surface area contributed by atoms with Crippen LogP contribution in [-0.4, -0.2) is 42.7 Å². The summed E-state index contributed by atoms with van der Waals surface area (Å²) in [4.78, 5) is 47.9. The molecule has 32 heavy (non-hydrogen) atoms. The highest BCUT2D eigenvalue weighted by Crippen LogP contribution is 2.17. The lowest BCUT2D eigenvalue weighted by atomic mass is 10.2. The minimum absolute atomic E-state index is 0.134. The zero-order valence-electron chi connectivity index (χ0n) is 18.6. The molecule has 0 bridgehead atoms. The standard InChI is InChI=1S/C22H29N7O3/c1-26-20-19(21(31)27(2)22(26)32)29(15-25-20)12-9-18(30)24-14-16-7-8-17(23-13-16)28-10-5-3-4-6-11-28/h7-8,13,15H,3-6,9-12,14H2,1-2H3,(H,24,30). The molecule has 0 radical (unpaired) electrons. The van der Waals surface area contributed by atoms with Gasteiger partial charge in [0.2, 0.25) is 5.91 Å². The number of aryl methyl sites for hydroxylation is 2. The van der Waals surface area contributed by atoms with Crippen molar-refractivity contribution >= 4 is 22.9 Å². The molecule has 4 heterocycles. The number of hydrogen-bond acceptors (Lipinski definition) is 6. The number of hydrogen-bond donors (Lipinski definition) is 1. The van der Waals surface area contributed by atoms with Gasteiger partial charge in [0.15, 0.2) is 11.2 Å². The van der Waals surface area contributed by atoms with Crippen LogP contribution in [0.4, 0.5) is 5.82 Å². The second-order valence-electron chi connectivity index (χ2n) is 8.27. The van der Waals surface area contributed by atoms with Crippen molar-refractivity contribution in [2.24, 2.45) is 14.1 Å². The van der Waals surface area contributed by atoms with Crippen LogP contribution in [0.3, 0.4) is 0 Å². The van der Waals surface area contributed by atoms with E-state index in [0.717, 1.165) is 29.0 Å². The van der Waals surface area contributed by atoms with Crippen LogP contribution in [0.5, 0.6) is 0 Å². The predicted octanol–water partition coefficient (Wildman–Crippen LogP) is 0.916. The van der Waals surface area contributed by atoms with Gasteiger partial charge in [0.05, 0.1) is 6.33 Å². The SMILES string of the molecule is Cn1c(=O)c2c(ncn2CCC(=O)NCc2ccc(N3CCCCCC3)nc2)n(C)c1=O. The fraction of sp³-hybridized carbons (Fsp3) is 0.500. The van der Waals surface area contributed by atoms with Gasteiger partial charge >= 0.3 is 5.69 Å². The maximum atomic E-state index is 12.5. The summed E-state index contributed by atoms with van der Waals surface area (Å²) in [7, 11) is 3.00. The number of aromatic nitrogens is 5. The molecule has 1 fully saturated rings. The van der Waals surface area contributed by atoms with Crippen molar-refractivity contribution in [1.29, 1.82) is 0 Å². The van der Waals surface area contributed by atoms with Crippen LogP contribution in [0.1, 0.15) is 37.7 Å². The first-order valence-corrected chi connectivity index (χ1v) is 11.0. The summed E-state index contributed by atoms with van der Waals surface area (Å²) in [6.07, 6.45) is 8.46. The third kappa shape index (κ3) is 4.44. The highest BCUT2D eigenvalue weighted by Gasteiger charge is 2.15. The number of amides is 1. The maximum Gasteiger partial charge on any atom is 0.332 e. The number of nitrogens with zero attached hydrogens (tertiary/aromatic N) is 6. The maximum absolute atomic E-state index is 12.5. The fourth-order valence-corrected chi connectivity index (χ4v) is 4.09. The van der Waals surface area contributed by atoms with Crippen molar-refractivity contribution in [3.8, 4) is 0 Å². The summed E-state index contributed by atoms with van der Waals surface area (Å²) >= 11 is 0. The quantitative estimate of drug-likeness (QED) is 0.612. The first-order chi connectivity index (χ1) is 15.5. The lowest BCUT2D eigenvalue weighted by molar-refractivity contribution is -0.121. The number of rotatable bonds is 6. The summed E-state index contributed by atoms with van der Waals surface area (Å²) in [5, 5.41) is 2.90. The van der Waals surface area contributed by atoms with E-state index in [1.807, 2.05) is 18.3 Å². The van der Waals surface area contributed by atoms with Crippen LogP contribution >= 0.6 is 0 Å². The Hall–Kier alpha value is -3.43. The molecule has 0 unspecified atom stereocenters. The Morgan fingerprint density at radius 3 is 2.47 bits per heavy atom. The Balaban J connectivity index is 1.34. The number of carbonyl (C=O) groups is 1. The lowest BCUT2D eigenvalue weighted by Crippen LogP contribution is -2.37. The van der Waals surface area contributed by atoms with Crippen LogP contribution in [-0.2, 0) is 32.0 Å². The van der Waals surface area contributed by atoms with Crippen molar-refractivity contribution in [2.45, 2.75) is 45.2 Å².